The van der Waals surface area contributed by atoms with Crippen LogP contribution in [-0.2, 0) is 65.4 Å². The van der Waals surface area contributed by atoms with E-state index in [4.69, 9.17) is 37.0 Å². The van der Waals surface area contributed by atoms with Crippen LogP contribution in [0.25, 0.3) is 0 Å². The Morgan fingerprint density at radius 3 is 0.768 bits per heavy atom. The third-order valence-electron chi connectivity index (χ3n) is 19.0. The first kappa shape index (κ1) is 97.1. The van der Waals surface area contributed by atoms with Crippen molar-refractivity contribution in [2.24, 2.45) is 17.8 Å². The minimum atomic E-state index is -4.96. The summed E-state index contributed by atoms with van der Waals surface area (Å²) >= 11 is 0. The summed E-state index contributed by atoms with van der Waals surface area (Å²) in [7, 11) is -9.92. The number of unbranched alkanes of at least 4 members (excludes halogenated alkanes) is 45. The lowest BCUT2D eigenvalue weighted by Gasteiger charge is -2.21. The number of rotatable bonds is 78. The number of esters is 4. The molecule has 0 saturated carbocycles. The van der Waals surface area contributed by atoms with Crippen molar-refractivity contribution in [2.45, 2.75) is 433 Å². The molecule has 19 heteroatoms. The molecule has 17 nitrogen and oxygen atoms in total. The van der Waals surface area contributed by atoms with Gasteiger partial charge in [-0.15, -0.1) is 0 Å². The first-order valence-electron chi connectivity index (χ1n) is 41.4. The topological polar surface area (TPSA) is 237 Å². The zero-order valence-corrected chi connectivity index (χ0v) is 66.8. The van der Waals surface area contributed by atoms with E-state index in [1.807, 2.05) is 0 Å². The van der Waals surface area contributed by atoms with Crippen molar-refractivity contribution in [2.75, 3.05) is 39.6 Å². The summed E-state index contributed by atoms with van der Waals surface area (Å²) < 4.78 is 68.7. The molecule has 0 heterocycles. The van der Waals surface area contributed by atoms with Crippen LogP contribution in [-0.4, -0.2) is 96.7 Å². The number of ether oxygens (including phenoxy) is 4. The minimum Gasteiger partial charge on any atom is -0.462 e. The number of hydrogen-bond acceptors (Lipinski definition) is 15. The highest BCUT2D eigenvalue weighted by Gasteiger charge is 2.30. The van der Waals surface area contributed by atoms with Crippen molar-refractivity contribution < 1.29 is 80.2 Å². The Morgan fingerprint density at radius 2 is 0.515 bits per heavy atom. The summed E-state index contributed by atoms with van der Waals surface area (Å²) in [6, 6.07) is 0. The Kier molecular flexibility index (Phi) is 69.0. The fraction of sp³-hybridized carbons (Fsp3) is 0.950. The Hall–Kier alpha value is -1.94. The van der Waals surface area contributed by atoms with Gasteiger partial charge in [0.25, 0.3) is 0 Å². The molecule has 6 atom stereocenters. The van der Waals surface area contributed by atoms with Crippen molar-refractivity contribution in [1.82, 2.24) is 0 Å². The molecule has 0 aliphatic rings. The van der Waals surface area contributed by atoms with E-state index in [1.54, 1.807) is 0 Å². The molecule has 0 amide bonds. The van der Waals surface area contributed by atoms with Gasteiger partial charge in [0.05, 0.1) is 26.4 Å². The summed E-state index contributed by atoms with van der Waals surface area (Å²) in [5.41, 5.74) is 0. The molecular formula is C80H156O17P2. The standard InChI is InChI=1S/C80H156O17P2/c1-8-10-11-12-13-14-15-16-17-18-19-23-26-33-40-47-54-61-77(82)90-67-75(96-79(84)63-56-49-42-34-27-24-21-20-22-25-32-39-46-53-60-73(7)9-2)69-94-98(86,87)92-65-74(81)66-93-99(88,89)95-70-76(97-80(85)64-57-50-43-36-29-31-38-45-52-59-72(5)6)68-91-78(83)62-55-48-41-35-28-30-37-44-51-58-71(3)4/h71-76,81H,8-70H2,1-7H3,(H,86,87)(H,88,89)/t73?,74-,75-,76-/m1/s1. The molecule has 3 N–H and O–H groups in total. The van der Waals surface area contributed by atoms with Gasteiger partial charge in [0, 0.05) is 25.7 Å². The van der Waals surface area contributed by atoms with Crippen LogP contribution in [0, 0.1) is 17.8 Å². The Bertz CT molecular complexity index is 1920. The predicted octanol–water partition coefficient (Wildman–Crippen LogP) is 23.7. The summed E-state index contributed by atoms with van der Waals surface area (Å²) in [5, 5.41) is 10.6. The summed E-state index contributed by atoms with van der Waals surface area (Å²) in [5.74, 6) is 0.214. The molecule has 0 aromatic carbocycles. The Morgan fingerprint density at radius 1 is 0.293 bits per heavy atom. The second-order valence-corrected chi connectivity index (χ2v) is 32.9. The minimum absolute atomic E-state index is 0.105. The van der Waals surface area contributed by atoms with Gasteiger partial charge in [0.15, 0.2) is 12.2 Å². The van der Waals surface area contributed by atoms with E-state index in [9.17, 15) is 43.2 Å². The highest BCUT2D eigenvalue weighted by Crippen LogP contribution is 2.45. The molecular weight excluding hydrogens is 1290 g/mol. The number of aliphatic hydroxyl groups is 1. The number of phosphoric ester groups is 2. The van der Waals surface area contributed by atoms with Crippen LogP contribution < -0.4 is 0 Å². The molecule has 99 heavy (non-hydrogen) atoms. The summed E-state index contributed by atoms with van der Waals surface area (Å²) in [6.45, 7) is 11.9. The maximum absolute atomic E-state index is 13.1. The zero-order valence-electron chi connectivity index (χ0n) is 65.0. The second-order valence-electron chi connectivity index (χ2n) is 30.0. The normalized spacial score (nSPS) is 14.3. The van der Waals surface area contributed by atoms with Gasteiger partial charge in [-0.25, -0.2) is 9.13 Å². The van der Waals surface area contributed by atoms with Crippen molar-refractivity contribution >= 4 is 39.5 Å². The SMILES string of the molecule is CCCCCCCCCCCCCCCCCCCC(=O)OC[C@H](COP(=O)(O)OC[C@@H](O)COP(=O)(O)OC[C@@H](COC(=O)CCCCCCCCCCCC(C)C)OC(=O)CCCCCCCCCCCC(C)C)OC(=O)CCCCCCCCCCCCCCCCC(C)CC. The van der Waals surface area contributed by atoms with E-state index in [-0.39, 0.29) is 25.7 Å². The average molecular weight is 1450 g/mol. The van der Waals surface area contributed by atoms with E-state index in [1.165, 1.54) is 225 Å². The molecule has 0 radical (unpaired) electrons. The van der Waals surface area contributed by atoms with E-state index < -0.39 is 97.5 Å². The van der Waals surface area contributed by atoms with Crippen LogP contribution in [0.15, 0.2) is 0 Å². The monoisotopic (exact) mass is 1450 g/mol. The number of aliphatic hydroxyl groups excluding tert-OH is 1. The zero-order chi connectivity index (χ0) is 73.0. The molecule has 588 valence electrons. The predicted molar refractivity (Wildman–Crippen MR) is 405 cm³/mol. The number of carbonyl (C=O) groups excluding carboxylic acids is 4. The summed E-state index contributed by atoms with van der Waals surface area (Å²) in [4.78, 5) is 73.0. The molecule has 0 aliphatic heterocycles. The van der Waals surface area contributed by atoms with Crippen molar-refractivity contribution in [3.05, 3.63) is 0 Å². The Balaban J connectivity index is 5.26. The fourth-order valence-electron chi connectivity index (χ4n) is 12.3. The molecule has 0 rings (SSSR count). The molecule has 0 fully saturated rings. The molecule has 3 unspecified atom stereocenters. The molecule has 0 aliphatic carbocycles. The number of phosphoric acid groups is 2. The maximum Gasteiger partial charge on any atom is 0.472 e. The third kappa shape index (κ3) is 72.8. The van der Waals surface area contributed by atoms with Crippen molar-refractivity contribution in [3.63, 3.8) is 0 Å². The van der Waals surface area contributed by atoms with Gasteiger partial charge in [-0.1, -0.05) is 363 Å². The lowest BCUT2D eigenvalue weighted by Crippen LogP contribution is -2.30. The maximum atomic E-state index is 13.1. The van der Waals surface area contributed by atoms with Crippen LogP contribution in [0.3, 0.4) is 0 Å². The number of hydrogen-bond donors (Lipinski definition) is 3. The van der Waals surface area contributed by atoms with Gasteiger partial charge in [0.2, 0.25) is 0 Å². The first-order chi connectivity index (χ1) is 47.8. The van der Waals surface area contributed by atoms with Gasteiger partial charge in [-0.2, -0.15) is 0 Å². The first-order valence-corrected chi connectivity index (χ1v) is 44.4. The molecule has 0 aromatic heterocycles. The van der Waals surface area contributed by atoms with E-state index in [0.29, 0.717) is 25.7 Å². The van der Waals surface area contributed by atoms with Crippen LogP contribution in [0.2, 0.25) is 0 Å². The van der Waals surface area contributed by atoms with E-state index >= 15 is 0 Å². The summed E-state index contributed by atoms with van der Waals surface area (Å²) in [6.07, 6.45) is 58.2. The highest BCUT2D eigenvalue weighted by atomic mass is 31.2. The largest absolute Gasteiger partial charge is 0.472 e. The van der Waals surface area contributed by atoms with Gasteiger partial charge in [0.1, 0.15) is 19.3 Å². The lowest BCUT2D eigenvalue weighted by molar-refractivity contribution is -0.161. The second kappa shape index (κ2) is 70.4. The van der Waals surface area contributed by atoms with Crippen LogP contribution in [0.1, 0.15) is 414 Å². The Labute approximate surface area is 607 Å². The lowest BCUT2D eigenvalue weighted by atomic mass is 9.99. The van der Waals surface area contributed by atoms with Gasteiger partial charge in [-0.3, -0.25) is 37.3 Å². The van der Waals surface area contributed by atoms with Crippen LogP contribution in [0.5, 0.6) is 0 Å². The smallest absolute Gasteiger partial charge is 0.462 e. The van der Waals surface area contributed by atoms with E-state index in [0.717, 1.165) is 108 Å². The molecule has 0 bridgehead atoms. The van der Waals surface area contributed by atoms with Gasteiger partial charge < -0.3 is 33.8 Å². The molecule has 0 spiro atoms. The van der Waals surface area contributed by atoms with Crippen molar-refractivity contribution in [1.29, 1.82) is 0 Å². The van der Waals surface area contributed by atoms with Crippen LogP contribution >= 0.6 is 15.6 Å². The number of carbonyl (C=O) groups is 4. The van der Waals surface area contributed by atoms with Gasteiger partial charge >= 0.3 is 39.5 Å². The van der Waals surface area contributed by atoms with E-state index in [2.05, 4.69) is 48.5 Å². The average Bonchev–Trinajstić information content (AvgIpc) is 0.994. The van der Waals surface area contributed by atoms with Crippen LogP contribution in [0.4, 0.5) is 0 Å². The van der Waals surface area contributed by atoms with Crippen molar-refractivity contribution in [3.8, 4) is 0 Å². The molecule has 0 saturated heterocycles. The highest BCUT2D eigenvalue weighted by molar-refractivity contribution is 7.47. The third-order valence-corrected chi connectivity index (χ3v) is 20.9. The fourth-order valence-corrected chi connectivity index (χ4v) is 13.9. The molecule has 0 aromatic rings. The quantitative estimate of drug-likeness (QED) is 0.0222. The van der Waals surface area contributed by atoms with Gasteiger partial charge in [-0.05, 0) is 43.4 Å².